The molecule has 0 spiro atoms. The smallest absolute Gasteiger partial charge is 0.205 e. The van der Waals surface area contributed by atoms with Crippen LogP contribution in [0.4, 0.5) is 0 Å². The summed E-state index contributed by atoms with van der Waals surface area (Å²) >= 11 is 0. The number of aliphatic imine (C=N–C) groups is 1. The summed E-state index contributed by atoms with van der Waals surface area (Å²) in [7, 11) is 1.76. The number of nitrogens with two attached hydrogens (primary N) is 1. The molecule has 7 nitrogen and oxygen atoms in total. The molecule has 0 fully saturated rings. The van der Waals surface area contributed by atoms with E-state index in [0.29, 0.717) is 11.3 Å². The van der Waals surface area contributed by atoms with Gasteiger partial charge in [-0.25, -0.2) is 9.67 Å². The predicted molar refractivity (Wildman–Crippen MR) is 108 cm³/mol. The number of nitriles is 1. The van der Waals surface area contributed by atoms with Gasteiger partial charge in [-0.15, -0.1) is 0 Å². The van der Waals surface area contributed by atoms with Gasteiger partial charge >= 0.3 is 0 Å². The zero-order valence-electron chi connectivity index (χ0n) is 16.8. The van der Waals surface area contributed by atoms with Crippen LogP contribution in [-0.4, -0.2) is 27.5 Å². The van der Waals surface area contributed by atoms with E-state index in [1.165, 1.54) is 6.33 Å². The highest BCUT2D eigenvalue weighted by atomic mass is 16.5. The maximum absolute atomic E-state index is 9.81. The quantitative estimate of drug-likeness (QED) is 0.827. The Morgan fingerprint density at radius 3 is 2.46 bits per heavy atom. The van der Waals surface area contributed by atoms with Crippen molar-refractivity contribution in [3.63, 3.8) is 0 Å². The Morgan fingerprint density at radius 1 is 1.29 bits per heavy atom. The lowest BCUT2D eigenvalue weighted by molar-refractivity contribution is 0.283. The molecule has 1 unspecified atom stereocenters. The fourth-order valence-electron chi connectivity index (χ4n) is 3.54. The molecule has 0 amide bonds. The molecule has 144 valence electrons. The zero-order chi connectivity index (χ0) is 20.5. The first-order valence-corrected chi connectivity index (χ1v) is 8.99. The molecular formula is C21H24N6O. The van der Waals surface area contributed by atoms with E-state index in [4.69, 9.17) is 10.5 Å². The molecule has 2 N–H and O–H groups in total. The molecule has 0 saturated heterocycles. The van der Waals surface area contributed by atoms with E-state index in [1.807, 2.05) is 31.2 Å². The van der Waals surface area contributed by atoms with E-state index in [0.717, 1.165) is 22.5 Å². The minimum Gasteiger partial charge on any atom is -0.445 e. The number of ether oxygens (including phenoxy) is 1. The van der Waals surface area contributed by atoms with E-state index in [2.05, 4.69) is 41.9 Å². The number of rotatable bonds is 3. The standard InChI is InChI=1S/C21H24N6O/c1-13-17(19(24-5)21(2,3)4)18(16(10-22)20(23)28-13)14-6-8-15(9-7-14)27-12-25-11-26-27/h6-9,11-12,18H,23H2,1-5H3. The maximum atomic E-state index is 9.81. The Bertz CT molecular complexity index is 999. The lowest BCUT2D eigenvalue weighted by Gasteiger charge is -2.33. The molecule has 0 bridgehead atoms. The summed E-state index contributed by atoms with van der Waals surface area (Å²) in [6.45, 7) is 8.14. The first-order valence-electron chi connectivity index (χ1n) is 8.99. The molecule has 2 aromatic rings. The second-order valence-corrected chi connectivity index (χ2v) is 7.65. The highest BCUT2D eigenvalue weighted by Crippen LogP contribution is 2.42. The minimum atomic E-state index is -0.346. The predicted octanol–water partition coefficient (Wildman–Crippen LogP) is 3.47. The van der Waals surface area contributed by atoms with Crippen molar-refractivity contribution in [3.05, 3.63) is 65.3 Å². The van der Waals surface area contributed by atoms with Crippen molar-refractivity contribution >= 4 is 5.71 Å². The van der Waals surface area contributed by atoms with Crippen LogP contribution in [-0.2, 0) is 4.74 Å². The van der Waals surface area contributed by atoms with Crippen molar-refractivity contribution in [3.8, 4) is 11.8 Å². The fourth-order valence-corrected chi connectivity index (χ4v) is 3.54. The minimum absolute atomic E-state index is 0.137. The first-order chi connectivity index (χ1) is 13.3. The van der Waals surface area contributed by atoms with Gasteiger partial charge in [-0.05, 0) is 24.6 Å². The summed E-state index contributed by atoms with van der Waals surface area (Å²) < 4.78 is 7.41. The van der Waals surface area contributed by atoms with Crippen LogP contribution in [0.15, 0.2) is 64.7 Å². The van der Waals surface area contributed by atoms with Crippen LogP contribution in [0, 0.1) is 16.7 Å². The van der Waals surface area contributed by atoms with Gasteiger partial charge in [-0.3, -0.25) is 4.99 Å². The third kappa shape index (κ3) is 3.41. The van der Waals surface area contributed by atoms with E-state index in [1.54, 1.807) is 18.1 Å². The fraction of sp³-hybridized carbons (Fsp3) is 0.333. The monoisotopic (exact) mass is 376 g/mol. The molecule has 0 saturated carbocycles. The van der Waals surface area contributed by atoms with Gasteiger partial charge in [0, 0.05) is 23.7 Å². The van der Waals surface area contributed by atoms with Gasteiger partial charge in [0.2, 0.25) is 5.88 Å². The molecule has 1 aromatic carbocycles. The maximum Gasteiger partial charge on any atom is 0.205 e. The Kier molecular flexibility index (Phi) is 5.06. The Morgan fingerprint density at radius 2 is 1.96 bits per heavy atom. The summed E-state index contributed by atoms with van der Waals surface area (Å²) in [6.07, 6.45) is 3.13. The molecule has 0 radical (unpaired) electrons. The number of benzene rings is 1. The lowest BCUT2D eigenvalue weighted by Crippen LogP contribution is -2.31. The SMILES string of the molecule is CN=C(C1=C(C)OC(N)=C(C#N)C1c1ccc(-n2cncn2)cc1)C(C)(C)C. The molecule has 1 aromatic heterocycles. The molecule has 1 atom stereocenters. The second-order valence-electron chi connectivity index (χ2n) is 7.65. The van der Waals surface area contributed by atoms with Crippen LogP contribution in [0.3, 0.4) is 0 Å². The molecule has 1 aliphatic heterocycles. The normalized spacial score (nSPS) is 18.1. The summed E-state index contributed by atoms with van der Waals surface area (Å²) in [5.41, 5.74) is 9.82. The number of nitrogens with zero attached hydrogens (tertiary/aromatic N) is 5. The van der Waals surface area contributed by atoms with E-state index >= 15 is 0 Å². The molecule has 1 aliphatic rings. The first kappa shape index (κ1) is 19.4. The Balaban J connectivity index is 2.15. The highest BCUT2D eigenvalue weighted by Gasteiger charge is 2.37. The second kappa shape index (κ2) is 7.31. The van der Waals surface area contributed by atoms with Gasteiger partial charge in [-0.1, -0.05) is 32.9 Å². The van der Waals surface area contributed by atoms with Crippen molar-refractivity contribution in [2.24, 2.45) is 16.1 Å². The number of hydrogen-bond acceptors (Lipinski definition) is 6. The molecule has 28 heavy (non-hydrogen) atoms. The molecule has 3 rings (SSSR count). The van der Waals surface area contributed by atoms with Crippen LogP contribution in [0.5, 0.6) is 0 Å². The van der Waals surface area contributed by atoms with Gasteiger partial charge in [0.15, 0.2) is 0 Å². The van der Waals surface area contributed by atoms with Gasteiger partial charge in [0.1, 0.15) is 30.1 Å². The van der Waals surface area contributed by atoms with Crippen molar-refractivity contribution < 1.29 is 4.74 Å². The molecule has 2 heterocycles. The Labute approximate surface area is 164 Å². The summed E-state index contributed by atoms with van der Waals surface area (Å²) in [6, 6.07) is 10.1. The summed E-state index contributed by atoms with van der Waals surface area (Å²) in [5, 5.41) is 14.0. The van der Waals surface area contributed by atoms with Crippen LogP contribution >= 0.6 is 0 Å². The average molecular weight is 376 g/mol. The van der Waals surface area contributed by atoms with Crippen molar-refractivity contribution in [1.29, 1.82) is 5.26 Å². The van der Waals surface area contributed by atoms with Crippen LogP contribution < -0.4 is 5.73 Å². The molecule has 7 heteroatoms. The third-order valence-electron chi connectivity index (χ3n) is 4.70. The van der Waals surface area contributed by atoms with Crippen molar-refractivity contribution in [1.82, 2.24) is 14.8 Å². The van der Waals surface area contributed by atoms with Crippen LogP contribution in [0.2, 0.25) is 0 Å². The third-order valence-corrected chi connectivity index (χ3v) is 4.70. The lowest BCUT2D eigenvalue weighted by atomic mass is 9.74. The largest absolute Gasteiger partial charge is 0.445 e. The van der Waals surface area contributed by atoms with E-state index < -0.39 is 0 Å². The topological polar surface area (TPSA) is 102 Å². The van der Waals surface area contributed by atoms with Crippen molar-refractivity contribution in [2.45, 2.75) is 33.6 Å². The number of aromatic nitrogens is 3. The molecule has 0 aliphatic carbocycles. The number of allylic oxidation sites excluding steroid dienone is 3. The summed E-state index contributed by atoms with van der Waals surface area (Å²) in [5.74, 6) is 0.456. The van der Waals surface area contributed by atoms with Crippen LogP contribution in [0.1, 0.15) is 39.2 Å². The van der Waals surface area contributed by atoms with Gasteiger partial charge in [-0.2, -0.15) is 10.4 Å². The highest BCUT2D eigenvalue weighted by molar-refractivity contribution is 6.06. The van der Waals surface area contributed by atoms with Gasteiger partial charge in [0.05, 0.1) is 11.6 Å². The van der Waals surface area contributed by atoms with E-state index in [-0.39, 0.29) is 17.2 Å². The molecular weight excluding hydrogens is 352 g/mol. The van der Waals surface area contributed by atoms with E-state index in [9.17, 15) is 5.26 Å². The zero-order valence-corrected chi connectivity index (χ0v) is 16.8. The van der Waals surface area contributed by atoms with Crippen LogP contribution in [0.25, 0.3) is 5.69 Å². The Hall–Kier alpha value is -3.40. The van der Waals surface area contributed by atoms with Gasteiger partial charge < -0.3 is 10.5 Å². The number of hydrogen-bond donors (Lipinski definition) is 1. The average Bonchev–Trinajstić information content (AvgIpc) is 3.17. The van der Waals surface area contributed by atoms with Crippen molar-refractivity contribution in [2.75, 3.05) is 7.05 Å². The van der Waals surface area contributed by atoms with Gasteiger partial charge in [0.25, 0.3) is 0 Å². The summed E-state index contributed by atoms with van der Waals surface area (Å²) in [4.78, 5) is 8.52.